The van der Waals surface area contributed by atoms with Gasteiger partial charge >= 0.3 is 0 Å². The highest BCUT2D eigenvalue weighted by Gasteiger charge is 2.24. The van der Waals surface area contributed by atoms with Crippen LogP contribution in [0, 0.1) is 0 Å². The SMILES string of the molecule is c1ccc(-c2ccccc2-c2c3oc4ccc5ccccc5c4c3cc3c2oc2ccc4ccccc4c23)cc1. The zero-order chi connectivity index (χ0) is 26.2. The van der Waals surface area contributed by atoms with Crippen LogP contribution in [0.4, 0.5) is 0 Å². The molecule has 0 aliphatic rings. The standard InChI is InChI=1S/C38H22O2/c1-2-10-23(11-3-1)26-14-8-9-17-29(26)36-37-30(34-27-15-6-4-12-24(27)18-20-32(34)39-37)22-31-35-28-16-7-5-13-25(28)19-21-33(35)40-38(31)36/h1-22H. The van der Waals surface area contributed by atoms with E-state index in [-0.39, 0.29) is 0 Å². The van der Waals surface area contributed by atoms with Gasteiger partial charge in [-0.15, -0.1) is 0 Å². The summed E-state index contributed by atoms with van der Waals surface area (Å²) >= 11 is 0. The van der Waals surface area contributed by atoms with Gasteiger partial charge in [0.05, 0.1) is 5.56 Å². The van der Waals surface area contributed by atoms with E-state index in [9.17, 15) is 0 Å². The Bertz CT molecular complexity index is 2290. The molecule has 0 atom stereocenters. The summed E-state index contributed by atoms with van der Waals surface area (Å²) in [6.07, 6.45) is 0. The fourth-order valence-electron chi connectivity index (χ4n) is 6.50. The molecule has 0 fully saturated rings. The molecule has 0 N–H and O–H groups in total. The van der Waals surface area contributed by atoms with E-state index in [2.05, 4.69) is 133 Å². The number of rotatable bonds is 2. The van der Waals surface area contributed by atoms with E-state index in [0.29, 0.717) is 0 Å². The van der Waals surface area contributed by atoms with Crippen LogP contribution in [0.5, 0.6) is 0 Å². The molecular formula is C38H22O2. The molecule has 2 nitrogen and oxygen atoms in total. The summed E-state index contributed by atoms with van der Waals surface area (Å²) in [5, 5.41) is 9.28. The van der Waals surface area contributed by atoms with Crippen molar-refractivity contribution >= 4 is 65.4 Å². The summed E-state index contributed by atoms with van der Waals surface area (Å²) in [5.74, 6) is 0. The number of hydrogen-bond acceptors (Lipinski definition) is 2. The Kier molecular flexibility index (Phi) is 4.36. The van der Waals surface area contributed by atoms with Gasteiger partial charge in [-0.2, -0.15) is 0 Å². The summed E-state index contributed by atoms with van der Waals surface area (Å²) in [6.45, 7) is 0. The molecule has 0 radical (unpaired) electrons. The molecule has 0 aliphatic carbocycles. The fourth-order valence-corrected chi connectivity index (χ4v) is 6.50. The molecule has 2 heterocycles. The number of furan rings is 2. The van der Waals surface area contributed by atoms with Crippen molar-refractivity contribution in [3.05, 3.63) is 133 Å². The van der Waals surface area contributed by atoms with Crippen LogP contribution in [-0.2, 0) is 0 Å². The maximum Gasteiger partial charge on any atom is 0.147 e. The number of benzene rings is 7. The van der Waals surface area contributed by atoms with E-state index in [1.807, 2.05) is 0 Å². The van der Waals surface area contributed by atoms with Crippen LogP contribution in [-0.4, -0.2) is 0 Å². The zero-order valence-corrected chi connectivity index (χ0v) is 21.5. The summed E-state index contributed by atoms with van der Waals surface area (Å²) < 4.78 is 13.5. The Hall–Kier alpha value is -5.34. The molecule has 0 unspecified atom stereocenters. The third-order valence-electron chi connectivity index (χ3n) is 8.26. The van der Waals surface area contributed by atoms with Crippen molar-refractivity contribution in [2.24, 2.45) is 0 Å². The fraction of sp³-hybridized carbons (Fsp3) is 0. The highest BCUT2D eigenvalue weighted by molar-refractivity contribution is 6.29. The molecule has 7 aromatic carbocycles. The lowest BCUT2D eigenvalue weighted by atomic mass is 9.91. The van der Waals surface area contributed by atoms with Crippen LogP contribution in [0.25, 0.3) is 87.7 Å². The van der Waals surface area contributed by atoms with Crippen molar-refractivity contribution in [3.8, 4) is 22.3 Å². The Labute approximate surface area is 229 Å². The smallest absolute Gasteiger partial charge is 0.147 e. The maximum atomic E-state index is 6.77. The van der Waals surface area contributed by atoms with Crippen molar-refractivity contribution < 1.29 is 8.83 Å². The molecule has 9 rings (SSSR count). The Balaban J connectivity index is 1.54. The van der Waals surface area contributed by atoms with E-state index in [0.717, 1.165) is 66.1 Å². The zero-order valence-electron chi connectivity index (χ0n) is 21.5. The normalized spacial score (nSPS) is 12.0. The molecule has 0 saturated heterocycles. The molecule has 9 aromatic rings. The molecule has 0 aliphatic heterocycles. The molecule has 2 heteroatoms. The van der Waals surface area contributed by atoms with Crippen LogP contribution in [0.1, 0.15) is 0 Å². The second-order valence-corrected chi connectivity index (χ2v) is 10.4. The second-order valence-electron chi connectivity index (χ2n) is 10.4. The summed E-state index contributed by atoms with van der Waals surface area (Å²) in [6, 6.07) is 47.0. The third kappa shape index (κ3) is 2.93. The van der Waals surface area contributed by atoms with Crippen LogP contribution in [0.2, 0.25) is 0 Å². The predicted molar refractivity (Wildman–Crippen MR) is 167 cm³/mol. The van der Waals surface area contributed by atoms with Crippen molar-refractivity contribution in [2.45, 2.75) is 0 Å². The van der Waals surface area contributed by atoms with Gasteiger partial charge in [-0.1, -0.05) is 115 Å². The Morgan fingerprint density at radius 3 is 1.48 bits per heavy atom. The Morgan fingerprint density at radius 1 is 0.375 bits per heavy atom. The van der Waals surface area contributed by atoms with Crippen LogP contribution in [0.15, 0.2) is 142 Å². The van der Waals surface area contributed by atoms with Crippen molar-refractivity contribution in [1.29, 1.82) is 0 Å². The van der Waals surface area contributed by atoms with Gasteiger partial charge in [0.1, 0.15) is 22.3 Å². The monoisotopic (exact) mass is 510 g/mol. The van der Waals surface area contributed by atoms with E-state index < -0.39 is 0 Å². The molecule has 0 bridgehead atoms. The first-order chi connectivity index (χ1) is 19.8. The van der Waals surface area contributed by atoms with Crippen LogP contribution >= 0.6 is 0 Å². The van der Waals surface area contributed by atoms with Crippen molar-refractivity contribution in [1.82, 2.24) is 0 Å². The highest BCUT2D eigenvalue weighted by atomic mass is 16.3. The van der Waals surface area contributed by atoms with Gasteiger partial charge in [-0.3, -0.25) is 0 Å². The average molecular weight is 511 g/mol. The van der Waals surface area contributed by atoms with E-state index >= 15 is 0 Å². The van der Waals surface area contributed by atoms with Crippen LogP contribution in [0.3, 0.4) is 0 Å². The molecule has 0 spiro atoms. The lowest BCUT2D eigenvalue weighted by Gasteiger charge is -2.11. The summed E-state index contributed by atoms with van der Waals surface area (Å²) in [7, 11) is 0. The summed E-state index contributed by atoms with van der Waals surface area (Å²) in [5.41, 5.74) is 7.86. The first-order valence-corrected chi connectivity index (χ1v) is 13.6. The number of hydrogen-bond donors (Lipinski definition) is 0. The summed E-state index contributed by atoms with van der Waals surface area (Å²) in [4.78, 5) is 0. The van der Waals surface area contributed by atoms with Gasteiger partial charge in [0.15, 0.2) is 0 Å². The van der Waals surface area contributed by atoms with Gasteiger partial charge in [0.2, 0.25) is 0 Å². The van der Waals surface area contributed by atoms with Gasteiger partial charge in [-0.25, -0.2) is 0 Å². The van der Waals surface area contributed by atoms with Gasteiger partial charge < -0.3 is 8.83 Å². The minimum Gasteiger partial charge on any atom is -0.455 e. The topological polar surface area (TPSA) is 26.3 Å². The molecule has 0 saturated carbocycles. The quantitative estimate of drug-likeness (QED) is 0.231. The Morgan fingerprint density at radius 2 is 0.875 bits per heavy atom. The van der Waals surface area contributed by atoms with Gasteiger partial charge in [0.25, 0.3) is 0 Å². The lowest BCUT2D eigenvalue weighted by Crippen LogP contribution is -1.87. The lowest BCUT2D eigenvalue weighted by molar-refractivity contribution is 0.658. The van der Waals surface area contributed by atoms with Crippen LogP contribution < -0.4 is 0 Å². The minimum atomic E-state index is 0.852. The molecular weight excluding hydrogens is 488 g/mol. The predicted octanol–water partition coefficient (Wildman–Crippen LogP) is 11.1. The van der Waals surface area contributed by atoms with E-state index in [1.165, 1.54) is 21.5 Å². The molecule has 186 valence electrons. The average Bonchev–Trinajstić information content (AvgIpc) is 3.59. The minimum absolute atomic E-state index is 0.852. The first-order valence-electron chi connectivity index (χ1n) is 13.6. The first kappa shape index (κ1) is 21.6. The third-order valence-corrected chi connectivity index (χ3v) is 8.26. The maximum absolute atomic E-state index is 6.77. The second kappa shape index (κ2) is 8.08. The van der Waals surface area contributed by atoms with Gasteiger partial charge in [0, 0.05) is 21.5 Å². The molecule has 0 amide bonds. The highest BCUT2D eigenvalue weighted by Crippen LogP contribution is 2.48. The largest absolute Gasteiger partial charge is 0.455 e. The van der Waals surface area contributed by atoms with Crippen molar-refractivity contribution in [3.63, 3.8) is 0 Å². The van der Waals surface area contributed by atoms with E-state index in [1.54, 1.807) is 0 Å². The number of fused-ring (bicyclic) bond motifs is 10. The van der Waals surface area contributed by atoms with Crippen molar-refractivity contribution in [2.75, 3.05) is 0 Å². The van der Waals surface area contributed by atoms with E-state index in [4.69, 9.17) is 8.83 Å². The molecule has 2 aromatic heterocycles. The van der Waals surface area contributed by atoms with Gasteiger partial charge in [-0.05, 0) is 56.4 Å². The molecule has 40 heavy (non-hydrogen) atoms.